The normalized spacial score (nSPS) is 15.2. The number of hydrogen-bond acceptors (Lipinski definition) is 3. The van der Waals surface area contributed by atoms with Crippen LogP contribution in [0.25, 0.3) is 0 Å². The summed E-state index contributed by atoms with van der Waals surface area (Å²) in [5.74, 6) is 0.0957. The average molecular weight is 235 g/mol. The van der Waals surface area contributed by atoms with Crippen LogP contribution in [0.1, 0.15) is 35.6 Å². The molecular weight excluding hydrogens is 218 g/mol. The third-order valence-electron chi connectivity index (χ3n) is 3.18. The second-order valence-electron chi connectivity index (χ2n) is 4.41. The van der Waals surface area contributed by atoms with E-state index in [1.54, 1.807) is 0 Å². The van der Waals surface area contributed by atoms with E-state index in [9.17, 15) is 4.79 Å². The number of rotatable bonds is 4. The van der Waals surface area contributed by atoms with Crippen LogP contribution in [0.15, 0.2) is 12.1 Å². The lowest BCUT2D eigenvalue weighted by atomic mass is 9.92. The molecule has 0 fully saturated rings. The molecule has 1 aromatic carbocycles. The SMILES string of the molecule is Cc1ccc2c(c1C(N)CCC(=O)O)CCO2. The third kappa shape index (κ3) is 2.42. The fourth-order valence-corrected chi connectivity index (χ4v) is 2.36. The number of nitrogens with two attached hydrogens (primary N) is 1. The van der Waals surface area contributed by atoms with Gasteiger partial charge in [-0.05, 0) is 30.5 Å². The minimum atomic E-state index is -0.804. The number of aliphatic carboxylic acids is 1. The monoisotopic (exact) mass is 235 g/mol. The molecule has 1 atom stereocenters. The first-order chi connectivity index (χ1) is 8.09. The predicted molar refractivity (Wildman–Crippen MR) is 64.2 cm³/mol. The molecule has 1 aromatic rings. The Labute approximate surface area is 100 Å². The minimum absolute atomic E-state index is 0.102. The summed E-state index contributed by atoms with van der Waals surface area (Å²) in [6.07, 6.45) is 1.44. The van der Waals surface area contributed by atoms with E-state index in [0.29, 0.717) is 13.0 Å². The van der Waals surface area contributed by atoms with Gasteiger partial charge in [0.15, 0.2) is 0 Å². The van der Waals surface area contributed by atoms with Gasteiger partial charge in [0.05, 0.1) is 6.61 Å². The van der Waals surface area contributed by atoms with Gasteiger partial charge in [-0.15, -0.1) is 0 Å². The van der Waals surface area contributed by atoms with E-state index in [0.717, 1.165) is 28.9 Å². The highest BCUT2D eigenvalue weighted by Crippen LogP contribution is 2.34. The van der Waals surface area contributed by atoms with Gasteiger partial charge in [0, 0.05) is 24.4 Å². The van der Waals surface area contributed by atoms with E-state index in [2.05, 4.69) is 0 Å². The first-order valence-electron chi connectivity index (χ1n) is 5.82. The van der Waals surface area contributed by atoms with Gasteiger partial charge in [-0.1, -0.05) is 6.07 Å². The maximum Gasteiger partial charge on any atom is 0.303 e. The molecule has 1 heterocycles. The molecule has 0 spiro atoms. The molecular formula is C13H17NO3. The van der Waals surface area contributed by atoms with Crippen LogP contribution in [0.5, 0.6) is 5.75 Å². The van der Waals surface area contributed by atoms with Crippen LogP contribution in [-0.4, -0.2) is 17.7 Å². The Morgan fingerprint density at radius 2 is 2.35 bits per heavy atom. The van der Waals surface area contributed by atoms with Crippen LogP contribution in [0.4, 0.5) is 0 Å². The largest absolute Gasteiger partial charge is 0.493 e. The molecule has 0 saturated heterocycles. The van der Waals surface area contributed by atoms with Crippen molar-refractivity contribution in [2.24, 2.45) is 5.73 Å². The fourth-order valence-electron chi connectivity index (χ4n) is 2.36. The number of carbonyl (C=O) groups is 1. The van der Waals surface area contributed by atoms with Crippen LogP contribution in [-0.2, 0) is 11.2 Å². The Morgan fingerprint density at radius 3 is 3.06 bits per heavy atom. The van der Waals surface area contributed by atoms with Crippen molar-refractivity contribution >= 4 is 5.97 Å². The lowest BCUT2D eigenvalue weighted by molar-refractivity contribution is -0.137. The number of fused-ring (bicyclic) bond motifs is 1. The van der Waals surface area contributed by atoms with E-state index < -0.39 is 5.97 Å². The molecule has 92 valence electrons. The molecule has 1 aliphatic rings. The lowest BCUT2D eigenvalue weighted by Gasteiger charge is -2.17. The quantitative estimate of drug-likeness (QED) is 0.834. The maximum atomic E-state index is 10.6. The van der Waals surface area contributed by atoms with E-state index in [1.165, 1.54) is 0 Å². The Kier molecular flexibility index (Phi) is 3.33. The average Bonchev–Trinajstić information content (AvgIpc) is 2.73. The zero-order chi connectivity index (χ0) is 12.4. The fraction of sp³-hybridized carbons (Fsp3) is 0.462. The second-order valence-corrected chi connectivity index (χ2v) is 4.41. The van der Waals surface area contributed by atoms with Crippen molar-refractivity contribution in [3.63, 3.8) is 0 Å². The first kappa shape index (κ1) is 11.9. The van der Waals surface area contributed by atoms with Gasteiger partial charge in [0.1, 0.15) is 5.75 Å². The maximum absolute atomic E-state index is 10.6. The molecule has 4 nitrogen and oxygen atoms in total. The van der Waals surface area contributed by atoms with E-state index >= 15 is 0 Å². The first-order valence-corrected chi connectivity index (χ1v) is 5.82. The molecule has 3 N–H and O–H groups in total. The summed E-state index contributed by atoms with van der Waals surface area (Å²) < 4.78 is 5.50. The van der Waals surface area contributed by atoms with E-state index in [4.69, 9.17) is 15.6 Å². The molecule has 2 rings (SSSR count). The summed E-state index contributed by atoms with van der Waals surface area (Å²) in [6, 6.07) is 3.73. The van der Waals surface area contributed by atoms with Gasteiger partial charge in [-0.2, -0.15) is 0 Å². The van der Waals surface area contributed by atoms with Crippen LogP contribution < -0.4 is 10.5 Å². The van der Waals surface area contributed by atoms with Crippen molar-refractivity contribution in [3.05, 3.63) is 28.8 Å². The number of hydrogen-bond donors (Lipinski definition) is 2. The lowest BCUT2D eigenvalue weighted by Crippen LogP contribution is -2.15. The molecule has 0 saturated carbocycles. The molecule has 0 aromatic heterocycles. The highest BCUT2D eigenvalue weighted by atomic mass is 16.5. The zero-order valence-corrected chi connectivity index (χ0v) is 9.90. The van der Waals surface area contributed by atoms with Crippen LogP contribution >= 0.6 is 0 Å². The topological polar surface area (TPSA) is 72.6 Å². The number of carboxylic acids is 1. The number of aryl methyl sites for hydroxylation is 1. The van der Waals surface area contributed by atoms with Crippen LogP contribution in [0.2, 0.25) is 0 Å². The Balaban J connectivity index is 2.25. The number of benzene rings is 1. The van der Waals surface area contributed by atoms with E-state index in [-0.39, 0.29) is 12.5 Å². The number of ether oxygens (including phenoxy) is 1. The molecule has 0 amide bonds. The van der Waals surface area contributed by atoms with Crippen LogP contribution in [0.3, 0.4) is 0 Å². The van der Waals surface area contributed by atoms with Gasteiger partial charge >= 0.3 is 5.97 Å². The minimum Gasteiger partial charge on any atom is -0.493 e. The summed E-state index contributed by atoms with van der Waals surface area (Å²) >= 11 is 0. The molecule has 0 radical (unpaired) electrons. The van der Waals surface area contributed by atoms with Crippen LogP contribution in [0, 0.1) is 6.92 Å². The Bertz CT molecular complexity index is 443. The van der Waals surface area contributed by atoms with Crippen molar-refractivity contribution in [1.29, 1.82) is 0 Å². The third-order valence-corrected chi connectivity index (χ3v) is 3.18. The second kappa shape index (κ2) is 4.75. The summed E-state index contributed by atoms with van der Waals surface area (Å²) in [5.41, 5.74) is 9.44. The molecule has 0 bridgehead atoms. The van der Waals surface area contributed by atoms with Crippen molar-refractivity contribution < 1.29 is 14.6 Å². The summed E-state index contributed by atoms with van der Waals surface area (Å²) in [4.78, 5) is 10.6. The van der Waals surface area contributed by atoms with Crippen molar-refractivity contribution in [2.45, 2.75) is 32.2 Å². The zero-order valence-electron chi connectivity index (χ0n) is 9.90. The van der Waals surface area contributed by atoms with Gasteiger partial charge in [0.2, 0.25) is 0 Å². The Morgan fingerprint density at radius 1 is 1.59 bits per heavy atom. The van der Waals surface area contributed by atoms with E-state index in [1.807, 2.05) is 19.1 Å². The van der Waals surface area contributed by atoms with Gasteiger partial charge in [0.25, 0.3) is 0 Å². The summed E-state index contributed by atoms with van der Waals surface area (Å²) in [5, 5.41) is 8.69. The standard InChI is InChI=1S/C13H17NO3/c1-8-2-4-11-9(6-7-17-11)13(8)10(14)3-5-12(15)16/h2,4,10H,3,5-7,14H2,1H3,(H,15,16). The van der Waals surface area contributed by atoms with Crippen molar-refractivity contribution in [1.82, 2.24) is 0 Å². The smallest absolute Gasteiger partial charge is 0.303 e. The molecule has 0 aliphatic carbocycles. The summed E-state index contributed by atoms with van der Waals surface area (Å²) in [7, 11) is 0. The highest BCUT2D eigenvalue weighted by Gasteiger charge is 2.21. The van der Waals surface area contributed by atoms with Crippen molar-refractivity contribution in [3.8, 4) is 5.75 Å². The Hall–Kier alpha value is -1.55. The summed E-state index contributed by atoms with van der Waals surface area (Å²) in [6.45, 7) is 2.70. The molecule has 17 heavy (non-hydrogen) atoms. The van der Waals surface area contributed by atoms with Gasteiger partial charge < -0.3 is 15.6 Å². The predicted octanol–water partition coefficient (Wildman–Crippen LogP) is 1.79. The highest BCUT2D eigenvalue weighted by molar-refractivity contribution is 5.66. The molecule has 1 aliphatic heterocycles. The van der Waals surface area contributed by atoms with Gasteiger partial charge in [-0.3, -0.25) is 4.79 Å². The van der Waals surface area contributed by atoms with Gasteiger partial charge in [-0.25, -0.2) is 0 Å². The molecule has 1 unspecified atom stereocenters. The number of carboxylic acid groups (broad SMARTS) is 1. The van der Waals surface area contributed by atoms with Crippen molar-refractivity contribution in [2.75, 3.05) is 6.61 Å². The molecule has 4 heteroatoms.